The van der Waals surface area contributed by atoms with Crippen LogP contribution in [0.1, 0.15) is 41.5 Å². The molecule has 1 fully saturated rings. The van der Waals surface area contributed by atoms with Crippen LogP contribution in [-0.2, 0) is 19.3 Å². The van der Waals surface area contributed by atoms with E-state index in [0.717, 1.165) is 4.57 Å². The quantitative estimate of drug-likeness (QED) is 0.411. The van der Waals surface area contributed by atoms with Crippen LogP contribution in [-0.4, -0.2) is 49.8 Å². The molecule has 0 aliphatic carbocycles. The third-order valence-electron chi connectivity index (χ3n) is 7.35. The minimum atomic E-state index is -2.27. The topological polar surface area (TPSA) is 106 Å². The van der Waals surface area contributed by atoms with Gasteiger partial charge in [0.25, 0.3) is 11.3 Å². The molecule has 1 aromatic heterocycles. The first-order valence-electron chi connectivity index (χ1n) is 11.2. The van der Waals surface area contributed by atoms with Gasteiger partial charge in [-0.25, -0.2) is 4.79 Å². The highest BCUT2D eigenvalue weighted by molar-refractivity contribution is 9.09. The molecule has 186 valence electrons. The number of hydrogen-bond acceptors (Lipinski definition) is 6. The maximum absolute atomic E-state index is 12.6. The fourth-order valence-electron chi connectivity index (χ4n) is 3.07. The summed E-state index contributed by atoms with van der Waals surface area (Å²) in [5.74, 6) is 0. The standard InChI is InChI=1S/C22H38BrN3O5Si2/c1-20(2,3)32(7,8)29-13-15-17(31-33(9,10)21(4,5)6)18(23)22(14-24,30-15)26-12-11-16(27)25-19(26)28/h11-12,15,17-18H,13H2,1-10H3,(H,25,27,28)/t15-,17-,18+,22-/m1/s1. The van der Waals surface area contributed by atoms with E-state index in [2.05, 4.69) is 94.7 Å². The highest BCUT2D eigenvalue weighted by Crippen LogP contribution is 2.46. The van der Waals surface area contributed by atoms with Crippen molar-refractivity contribution in [3.8, 4) is 6.07 Å². The normalized spacial score (nSPS) is 26.9. The highest BCUT2D eigenvalue weighted by Gasteiger charge is 2.59. The number of nitrogens with zero attached hydrogens (tertiary/aromatic N) is 2. The first-order chi connectivity index (χ1) is 14.8. The first-order valence-corrected chi connectivity index (χ1v) is 17.9. The van der Waals surface area contributed by atoms with Gasteiger partial charge in [0, 0.05) is 12.3 Å². The second-order valence-electron chi connectivity index (χ2n) is 11.8. The molecule has 11 heteroatoms. The van der Waals surface area contributed by atoms with E-state index >= 15 is 0 Å². The van der Waals surface area contributed by atoms with E-state index in [1.54, 1.807) is 0 Å². The van der Waals surface area contributed by atoms with Crippen LogP contribution in [0.3, 0.4) is 0 Å². The Kier molecular flexibility index (Phi) is 7.86. The number of alkyl halides is 1. The highest BCUT2D eigenvalue weighted by atomic mass is 79.9. The van der Waals surface area contributed by atoms with Crippen LogP contribution in [0, 0.1) is 11.3 Å². The molecular formula is C22H38BrN3O5Si2. The number of halogens is 1. The molecule has 0 radical (unpaired) electrons. The smallest absolute Gasteiger partial charge is 0.331 e. The first kappa shape index (κ1) is 28.2. The fourth-order valence-corrected chi connectivity index (χ4v) is 6.49. The van der Waals surface area contributed by atoms with Crippen LogP contribution in [0.15, 0.2) is 21.9 Å². The maximum Gasteiger partial charge on any atom is 0.331 e. The zero-order valence-corrected chi connectivity index (χ0v) is 25.0. The van der Waals surface area contributed by atoms with Crippen LogP contribution >= 0.6 is 15.9 Å². The summed E-state index contributed by atoms with van der Waals surface area (Å²) in [6.45, 7) is 21.7. The summed E-state index contributed by atoms with van der Waals surface area (Å²) in [5, 5.41) is 10.2. The number of nitriles is 1. The summed E-state index contributed by atoms with van der Waals surface area (Å²) >= 11 is 3.65. The lowest BCUT2D eigenvalue weighted by atomic mass is 10.1. The number of H-pyrrole nitrogens is 1. The lowest BCUT2D eigenvalue weighted by Gasteiger charge is -2.41. The monoisotopic (exact) mass is 559 g/mol. The van der Waals surface area contributed by atoms with Crippen molar-refractivity contribution in [1.82, 2.24) is 9.55 Å². The molecule has 1 N–H and O–H groups in total. The van der Waals surface area contributed by atoms with Gasteiger partial charge in [0.15, 0.2) is 16.6 Å². The second kappa shape index (κ2) is 9.20. The largest absolute Gasteiger partial charge is 0.414 e. The molecule has 2 rings (SSSR count). The Morgan fingerprint density at radius 2 is 1.70 bits per heavy atom. The molecule has 33 heavy (non-hydrogen) atoms. The minimum absolute atomic E-state index is 0.00261. The number of aromatic amines is 1. The Morgan fingerprint density at radius 1 is 1.15 bits per heavy atom. The zero-order valence-electron chi connectivity index (χ0n) is 21.4. The van der Waals surface area contributed by atoms with Gasteiger partial charge in [0.2, 0.25) is 0 Å². The molecule has 0 unspecified atom stereocenters. The summed E-state index contributed by atoms with van der Waals surface area (Å²) in [4.78, 5) is 25.8. The van der Waals surface area contributed by atoms with Crippen molar-refractivity contribution in [2.45, 2.75) is 101 Å². The van der Waals surface area contributed by atoms with Crippen molar-refractivity contribution in [2.75, 3.05) is 6.61 Å². The summed E-state index contributed by atoms with van der Waals surface area (Å²) in [6.07, 6.45) is 0.171. The van der Waals surface area contributed by atoms with Gasteiger partial charge < -0.3 is 13.6 Å². The predicted molar refractivity (Wildman–Crippen MR) is 138 cm³/mol. The van der Waals surface area contributed by atoms with Crippen LogP contribution in [0.2, 0.25) is 36.3 Å². The summed E-state index contributed by atoms with van der Waals surface area (Å²) < 4.78 is 20.6. The van der Waals surface area contributed by atoms with E-state index in [1.165, 1.54) is 12.3 Å². The third kappa shape index (κ3) is 5.46. The number of nitrogens with one attached hydrogen (secondary N) is 1. The van der Waals surface area contributed by atoms with Crippen molar-refractivity contribution in [3.63, 3.8) is 0 Å². The van der Waals surface area contributed by atoms with Crippen LogP contribution < -0.4 is 11.2 Å². The van der Waals surface area contributed by atoms with Crippen molar-refractivity contribution >= 4 is 32.6 Å². The van der Waals surface area contributed by atoms with E-state index < -0.39 is 50.6 Å². The third-order valence-corrected chi connectivity index (χ3v) is 17.5. The Balaban J connectivity index is 2.54. The van der Waals surface area contributed by atoms with Gasteiger partial charge in [-0.2, -0.15) is 5.26 Å². The van der Waals surface area contributed by atoms with Gasteiger partial charge in [0.1, 0.15) is 17.0 Å². The van der Waals surface area contributed by atoms with E-state index in [0.29, 0.717) is 0 Å². The van der Waals surface area contributed by atoms with Gasteiger partial charge in [-0.05, 0) is 36.3 Å². The Labute approximate surface area is 207 Å². The van der Waals surface area contributed by atoms with Crippen molar-refractivity contribution < 1.29 is 13.6 Å². The Hall–Kier alpha value is -1.04. The molecule has 0 saturated carbocycles. The molecule has 8 nitrogen and oxygen atoms in total. The van der Waals surface area contributed by atoms with Crippen LogP contribution in [0.25, 0.3) is 0 Å². The van der Waals surface area contributed by atoms with Crippen LogP contribution in [0.5, 0.6) is 0 Å². The van der Waals surface area contributed by atoms with Crippen molar-refractivity contribution in [3.05, 3.63) is 33.1 Å². The maximum atomic E-state index is 12.6. The average Bonchev–Trinajstić information content (AvgIpc) is 2.90. The van der Waals surface area contributed by atoms with Crippen molar-refractivity contribution in [1.29, 1.82) is 5.26 Å². The number of ether oxygens (including phenoxy) is 1. The SMILES string of the molecule is CC(C)(C)[Si](C)(C)OC[C@H]1O[C@@](C#N)(n2ccc(=O)[nH]c2=O)[C@@H](Br)[C@@H]1O[Si](C)(C)C(C)(C)C. The summed E-state index contributed by atoms with van der Waals surface area (Å²) in [7, 11) is -4.38. The molecular weight excluding hydrogens is 522 g/mol. The van der Waals surface area contributed by atoms with Gasteiger partial charge >= 0.3 is 5.69 Å². The Bertz CT molecular complexity index is 1020. The molecule has 1 aromatic rings. The summed E-state index contributed by atoms with van der Waals surface area (Å²) in [5.41, 5.74) is -2.96. The van der Waals surface area contributed by atoms with Crippen molar-refractivity contribution in [2.24, 2.45) is 0 Å². The second-order valence-corrected chi connectivity index (χ2v) is 22.3. The number of hydrogen-bond donors (Lipinski definition) is 1. The van der Waals surface area contributed by atoms with Crippen LogP contribution in [0.4, 0.5) is 0 Å². The fraction of sp³-hybridized carbons (Fsp3) is 0.773. The molecule has 0 amide bonds. The van der Waals surface area contributed by atoms with E-state index in [-0.39, 0.29) is 16.7 Å². The average molecular weight is 561 g/mol. The Morgan fingerprint density at radius 3 is 2.15 bits per heavy atom. The predicted octanol–water partition coefficient (Wildman–Crippen LogP) is 4.29. The lowest BCUT2D eigenvalue weighted by molar-refractivity contribution is -0.0804. The molecule has 2 heterocycles. The van der Waals surface area contributed by atoms with E-state index in [4.69, 9.17) is 13.6 Å². The lowest BCUT2D eigenvalue weighted by Crippen LogP contribution is -2.52. The van der Waals surface area contributed by atoms with E-state index in [1.807, 2.05) is 0 Å². The van der Waals surface area contributed by atoms with Gasteiger partial charge in [-0.1, -0.05) is 57.5 Å². The summed E-state index contributed by atoms with van der Waals surface area (Å²) in [6, 6.07) is 3.38. The van der Waals surface area contributed by atoms with Gasteiger partial charge in [-0.15, -0.1) is 0 Å². The van der Waals surface area contributed by atoms with Gasteiger partial charge in [0.05, 0.1) is 12.7 Å². The molecule has 0 spiro atoms. The number of aromatic nitrogens is 2. The zero-order chi connectivity index (χ0) is 25.6. The molecule has 1 aliphatic heterocycles. The molecule has 4 atom stereocenters. The molecule has 0 aromatic carbocycles. The molecule has 0 bridgehead atoms. The molecule has 1 saturated heterocycles. The van der Waals surface area contributed by atoms with Gasteiger partial charge in [-0.3, -0.25) is 14.3 Å². The number of rotatable bonds is 6. The van der Waals surface area contributed by atoms with E-state index in [9.17, 15) is 14.9 Å². The molecule has 1 aliphatic rings. The minimum Gasteiger partial charge on any atom is -0.414 e.